The first kappa shape index (κ1) is 15.5. The minimum absolute atomic E-state index is 0.505. The molecule has 0 amide bonds. The van der Waals surface area contributed by atoms with Gasteiger partial charge in [0.15, 0.2) is 0 Å². The summed E-state index contributed by atoms with van der Waals surface area (Å²) in [6.07, 6.45) is 7.98. The van der Waals surface area contributed by atoms with Crippen molar-refractivity contribution in [2.45, 2.75) is 58.4 Å². The maximum atomic E-state index is 5.26. The van der Waals surface area contributed by atoms with Gasteiger partial charge in [0, 0.05) is 16.3 Å². The maximum Gasteiger partial charge on any atom is 0.129 e. The lowest BCUT2D eigenvalue weighted by atomic mass is 10.1. The average molecular weight is 269 g/mol. The molecule has 18 heavy (non-hydrogen) atoms. The minimum Gasteiger partial charge on any atom is -0.496 e. The van der Waals surface area contributed by atoms with Crippen molar-refractivity contribution in [1.29, 1.82) is 0 Å². The van der Waals surface area contributed by atoms with Gasteiger partial charge in [-0.25, -0.2) is 0 Å². The molecule has 3 heteroatoms. The summed E-state index contributed by atoms with van der Waals surface area (Å²) in [5, 5.41) is 5.68. The van der Waals surface area contributed by atoms with E-state index in [2.05, 4.69) is 30.6 Å². The van der Waals surface area contributed by atoms with Gasteiger partial charge in [0.1, 0.15) is 5.75 Å². The van der Waals surface area contributed by atoms with E-state index in [1.165, 1.54) is 43.4 Å². The molecular weight excluding hydrogens is 242 g/mol. The predicted molar refractivity (Wildman–Crippen MR) is 80.7 cm³/mol. The molecule has 0 saturated carbocycles. The Balaban J connectivity index is 2.38. The van der Waals surface area contributed by atoms with Crippen LogP contribution in [0.25, 0.3) is 0 Å². The van der Waals surface area contributed by atoms with Crippen LogP contribution in [0.4, 0.5) is 0 Å². The van der Waals surface area contributed by atoms with Gasteiger partial charge in [0.25, 0.3) is 0 Å². The first-order valence-electron chi connectivity index (χ1n) is 7.17. The molecule has 1 aromatic heterocycles. The van der Waals surface area contributed by atoms with Crippen molar-refractivity contribution in [2.75, 3.05) is 13.7 Å². The van der Waals surface area contributed by atoms with E-state index in [9.17, 15) is 0 Å². The van der Waals surface area contributed by atoms with Crippen molar-refractivity contribution in [1.82, 2.24) is 5.32 Å². The molecule has 1 aromatic rings. The van der Waals surface area contributed by atoms with Crippen molar-refractivity contribution < 1.29 is 4.74 Å². The maximum absolute atomic E-state index is 5.26. The zero-order chi connectivity index (χ0) is 13.2. The molecule has 0 aliphatic rings. The van der Waals surface area contributed by atoms with Gasteiger partial charge in [-0.1, -0.05) is 46.0 Å². The number of hydrogen-bond acceptors (Lipinski definition) is 3. The SMILES string of the molecule is CCCCCCCC(NCC)c1cc(OC)cs1. The van der Waals surface area contributed by atoms with E-state index in [1.54, 1.807) is 18.4 Å². The summed E-state index contributed by atoms with van der Waals surface area (Å²) in [6.45, 7) is 5.47. The number of ether oxygens (including phenoxy) is 1. The summed E-state index contributed by atoms with van der Waals surface area (Å²) in [6, 6.07) is 2.68. The molecule has 1 rings (SSSR count). The smallest absolute Gasteiger partial charge is 0.129 e. The van der Waals surface area contributed by atoms with E-state index in [0.29, 0.717) is 6.04 Å². The molecule has 0 saturated heterocycles. The van der Waals surface area contributed by atoms with Gasteiger partial charge >= 0.3 is 0 Å². The summed E-state index contributed by atoms with van der Waals surface area (Å²) in [4.78, 5) is 1.41. The highest BCUT2D eigenvalue weighted by Gasteiger charge is 2.12. The number of unbranched alkanes of at least 4 members (excludes halogenated alkanes) is 4. The summed E-state index contributed by atoms with van der Waals surface area (Å²) >= 11 is 1.80. The highest BCUT2D eigenvalue weighted by molar-refractivity contribution is 7.10. The van der Waals surface area contributed by atoms with Crippen LogP contribution < -0.4 is 10.1 Å². The number of methoxy groups -OCH3 is 1. The highest BCUT2D eigenvalue weighted by Crippen LogP contribution is 2.29. The first-order chi connectivity index (χ1) is 8.81. The Kier molecular flexibility index (Phi) is 8.10. The second-order valence-corrected chi connectivity index (χ2v) is 5.64. The van der Waals surface area contributed by atoms with Gasteiger partial charge in [-0.3, -0.25) is 0 Å². The van der Waals surface area contributed by atoms with Crippen LogP contribution in [-0.2, 0) is 0 Å². The van der Waals surface area contributed by atoms with E-state index in [0.717, 1.165) is 12.3 Å². The monoisotopic (exact) mass is 269 g/mol. The van der Waals surface area contributed by atoms with Crippen LogP contribution in [0.3, 0.4) is 0 Å². The molecule has 1 heterocycles. The fourth-order valence-electron chi connectivity index (χ4n) is 2.17. The number of hydrogen-bond donors (Lipinski definition) is 1. The Bertz CT molecular complexity index is 311. The Morgan fingerprint density at radius 3 is 2.61 bits per heavy atom. The van der Waals surface area contributed by atoms with Crippen LogP contribution in [0.2, 0.25) is 0 Å². The second-order valence-electron chi connectivity index (χ2n) is 4.70. The van der Waals surface area contributed by atoms with Gasteiger partial charge in [-0.15, -0.1) is 11.3 Å². The van der Waals surface area contributed by atoms with E-state index >= 15 is 0 Å². The minimum atomic E-state index is 0.505. The van der Waals surface area contributed by atoms with E-state index < -0.39 is 0 Å². The zero-order valence-corrected chi connectivity index (χ0v) is 12.8. The van der Waals surface area contributed by atoms with Crippen molar-refractivity contribution in [3.63, 3.8) is 0 Å². The lowest BCUT2D eigenvalue weighted by Crippen LogP contribution is -2.19. The standard InChI is InChI=1S/C15H27NOS/c1-4-6-7-8-9-10-14(16-5-2)15-11-13(17-3)12-18-15/h11-12,14,16H,4-10H2,1-3H3. The third kappa shape index (κ3) is 5.40. The van der Waals surface area contributed by atoms with Crippen LogP contribution >= 0.6 is 11.3 Å². The third-order valence-electron chi connectivity index (χ3n) is 3.22. The van der Waals surface area contributed by atoms with Crippen LogP contribution in [-0.4, -0.2) is 13.7 Å². The molecule has 0 bridgehead atoms. The summed E-state index contributed by atoms with van der Waals surface area (Å²) in [5.74, 6) is 0.990. The lowest BCUT2D eigenvalue weighted by molar-refractivity contribution is 0.415. The molecule has 104 valence electrons. The number of thiophene rings is 1. The van der Waals surface area contributed by atoms with Gasteiger partial charge in [-0.05, 0) is 19.0 Å². The summed E-state index contributed by atoms with van der Waals surface area (Å²) < 4.78 is 5.26. The van der Waals surface area contributed by atoms with E-state index in [1.807, 2.05) is 0 Å². The van der Waals surface area contributed by atoms with Crippen LogP contribution in [0.5, 0.6) is 5.75 Å². The molecular formula is C15H27NOS. The number of rotatable bonds is 10. The lowest BCUT2D eigenvalue weighted by Gasteiger charge is -2.16. The quantitative estimate of drug-likeness (QED) is 0.618. The largest absolute Gasteiger partial charge is 0.496 e. The second kappa shape index (κ2) is 9.40. The third-order valence-corrected chi connectivity index (χ3v) is 4.25. The van der Waals surface area contributed by atoms with Crippen molar-refractivity contribution in [3.05, 3.63) is 16.3 Å². The summed E-state index contributed by atoms with van der Waals surface area (Å²) in [5.41, 5.74) is 0. The first-order valence-corrected chi connectivity index (χ1v) is 8.05. The molecule has 0 spiro atoms. The molecule has 2 nitrogen and oxygen atoms in total. The normalized spacial score (nSPS) is 12.6. The predicted octanol–water partition coefficient (Wildman–Crippen LogP) is 4.77. The average Bonchev–Trinajstić information content (AvgIpc) is 2.86. The number of nitrogens with one attached hydrogen (secondary N) is 1. The van der Waals surface area contributed by atoms with Gasteiger partial charge in [-0.2, -0.15) is 0 Å². The van der Waals surface area contributed by atoms with E-state index in [-0.39, 0.29) is 0 Å². The molecule has 0 aliphatic carbocycles. The molecule has 1 unspecified atom stereocenters. The summed E-state index contributed by atoms with van der Waals surface area (Å²) in [7, 11) is 1.73. The van der Waals surface area contributed by atoms with Gasteiger partial charge < -0.3 is 10.1 Å². The highest BCUT2D eigenvalue weighted by atomic mass is 32.1. The Hall–Kier alpha value is -0.540. The van der Waals surface area contributed by atoms with E-state index in [4.69, 9.17) is 4.74 Å². The molecule has 0 aliphatic heterocycles. The topological polar surface area (TPSA) is 21.3 Å². The van der Waals surface area contributed by atoms with Gasteiger partial charge in [0.05, 0.1) is 7.11 Å². The van der Waals surface area contributed by atoms with Crippen molar-refractivity contribution in [3.8, 4) is 5.75 Å². The fourth-order valence-corrected chi connectivity index (χ4v) is 3.13. The molecule has 0 radical (unpaired) electrons. The molecule has 0 fully saturated rings. The molecule has 1 N–H and O–H groups in total. The Labute approximate surface area is 116 Å². The molecule has 1 atom stereocenters. The van der Waals surface area contributed by atoms with Crippen molar-refractivity contribution in [2.24, 2.45) is 0 Å². The van der Waals surface area contributed by atoms with Crippen LogP contribution in [0.15, 0.2) is 11.4 Å². The Morgan fingerprint density at radius 1 is 1.22 bits per heavy atom. The zero-order valence-electron chi connectivity index (χ0n) is 12.0. The molecule has 0 aromatic carbocycles. The Morgan fingerprint density at radius 2 is 2.00 bits per heavy atom. The fraction of sp³-hybridized carbons (Fsp3) is 0.733. The van der Waals surface area contributed by atoms with Crippen LogP contribution in [0, 0.1) is 0 Å². The van der Waals surface area contributed by atoms with Crippen LogP contribution in [0.1, 0.15) is 63.3 Å². The van der Waals surface area contributed by atoms with Crippen molar-refractivity contribution >= 4 is 11.3 Å². The van der Waals surface area contributed by atoms with Gasteiger partial charge in [0.2, 0.25) is 0 Å².